The van der Waals surface area contributed by atoms with Crippen molar-refractivity contribution in [3.05, 3.63) is 35.4 Å². The van der Waals surface area contributed by atoms with Gasteiger partial charge in [-0.15, -0.1) is 0 Å². The summed E-state index contributed by atoms with van der Waals surface area (Å²) in [6.45, 7) is 5.04. The molecule has 0 aromatic heterocycles. The second-order valence-electron chi connectivity index (χ2n) is 7.41. The summed E-state index contributed by atoms with van der Waals surface area (Å²) in [6.07, 6.45) is 2.32. The van der Waals surface area contributed by atoms with Crippen molar-refractivity contribution in [3.63, 3.8) is 0 Å². The quantitative estimate of drug-likeness (QED) is 0.800. The Morgan fingerprint density at radius 2 is 2.07 bits per heavy atom. The number of hydrogen-bond donors (Lipinski definition) is 1. The Hall–Kier alpha value is -1.93. The first-order valence-electron chi connectivity index (χ1n) is 9.40. The summed E-state index contributed by atoms with van der Waals surface area (Å²) in [4.78, 5) is 18.0. The first-order chi connectivity index (χ1) is 12.8. The van der Waals surface area contributed by atoms with Gasteiger partial charge >= 0.3 is 0 Å². The van der Waals surface area contributed by atoms with Gasteiger partial charge in [0.25, 0.3) is 5.91 Å². The van der Waals surface area contributed by atoms with Gasteiger partial charge in [0, 0.05) is 19.5 Å². The fourth-order valence-electron chi connectivity index (χ4n) is 3.53. The van der Waals surface area contributed by atoms with Crippen LogP contribution in [0, 0.1) is 6.92 Å². The highest BCUT2D eigenvalue weighted by Crippen LogP contribution is 2.34. The van der Waals surface area contributed by atoms with Crippen molar-refractivity contribution in [2.24, 2.45) is 5.16 Å². The zero-order valence-electron chi connectivity index (χ0n) is 15.9. The van der Waals surface area contributed by atoms with Crippen molar-refractivity contribution in [2.75, 3.05) is 18.8 Å². The lowest BCUT2D eigenvalue weighted by Crippen LogP contribution is -2.51. The van der Waals surface area contributed by atoms with Crippen molar-refractivity contribution in [3.8, 4) is 0 Å². The van der Waals surface area contributed by atoms with Crippen LogP contribution >= 0.6 is 0 Å². The van der Waals surface area contributed by atoms with Crippen molar-refractivity contribution in [1.29, 1.82) is 0 Å². The molecule has 1 saturated heterocycles. The van der Waals surface area contributed by atoms with Crippen LogP contribution in [0.1, 0.15) is 43.7 Å². The van der Waals surface area contributed by atoms with Gasteiger partial charge in [-0.1, -0.05) is 41.9 Å². The Labute approximate surface area is 160 Å². The number of nitrogens with one attached hydrogen (secondary N) is 1. The van der Waals surface area contributed by atoms with Crippen LogP contribution in [0.2, 0.25) is 0 Å². The first-order valence-corrected chi connectivity index (χ1v) is 11.0. The molecule has 8 heteroatoms. The molecule has 1 atom stereocenters. The molecule has 1 amide bonds. The fraction of sp³-hybridized carbons (Fsp3) is 0.579. The molecule has 0 aliphatic carbocycles. The third-order valence-corrected chi connectivity index (χ3v) is 7.06. The lowest BCUT2D eigenvalue weighted by molar-refractivity contribution is -0.115. The summed E-state index contributed by atoms with van der Waals surface area (Å²) in [5.41, 5.74) is 1.80. The van der Waals surface area contributed by atoms with E-state index in [0.717, 1.165) is 5.56 Å². The number of aryl methyl sites for hydroxylation is 1. The SMILES string of the molecule is CCCS(=O)(=O)N1CCC[C@@]2(CC(C(=O)NCc3ccc(C)cc3)=NO2)C1. The van der Waals surface area contributed by atoms with E-state index in [0.29, 0.717) is 44.5 Å². The third kappa shape index (κ3) is 4.68. The average Bonchev–Trinajstić information content (AvgIpc) is 3.04. The molecular formula is C19H27N3O4S. The summed E-state index contributed by atoms with van der Waals surface area (Å²) in [5, 5.41) is 6.85. The van der Waals surface area contributed by atoms with E-state index in [4.69, 9.17) is 4.84 Å². The molecule has 27 heavy (non-hydrogen) atoms. The lowest BCUT2D eigenvalue weighted by atomic mass is 9.89. The molecule has 3 rings (SSSR count). The maximum atomic E-state index is 12.4. The molecule has 1 aromatic carbocycles. The van der Waals surface area contributed by atoms with E-state index < -0.39 is 15.6 Å². The molecule has 0 saturated carbocycles. The number of amides is 1. The summed E-state index contributed by atoms with van der Waals surface area (Å²) in [7, 11) is -3.28. The van der Waals surface area contributed by atoms with E-state index in [-0.39, 0.29) is 18.2 Å². The van der Waals surface area contributed by atoms with E-state index >= 15 is 0 Å². The van der Waals surface area contributed by atoms with Gasteiger partial charge in [0.05, 0.1) is 12.3 Å². The van der Waals surface area contributed by atoms with Gasteiger partial charge in [0.2, 0.25) is 10.0 Å². The van der Waals surface area contributed by atoms with Gasteiger partial charge in [0.1, 0.15) is 5.71 Å². The second kappa shape index (κ2) is 7.98. The molecule has 7 nitrogen and oxygen atoms in total. The van der Waals surface area contributed by atoms with Gasteiger partial charge in [-0.2, -0.15) is 4.31 Å². The molecular weight excluding hydrogens is 366 g/mol. The average molecular weight is 394 g/mol. The predicted octanol–water partition coefficient (Wildman–Crippen LogP) is 1.96. The van der Waals surface area contributed by atoms with Crippen molar-refractivity contribution >= 4 is 21.6 Å². The van der Waals surface area contributed by atoms with Gasteiger partial charge in [-0.05, 0) is 31.7 Å². The minimum absolute atomic E-state index is 0.133. The molecule has 0 radical (unpaired) electrons. The van der Waals surface area contributed by atoms with Gasteiger partial charge in [-0.3, -0.25) is 4.79 Å². The standard InChI is InChI=1S/C19H27N3O4S/c1-3-11-27(24,25)22-10-4-9-19(14-22)12-17(21-26-19)18(23)20-13-16-7-5-15(2)6-8-16/h5-8H,3-4,9-14H2,1-2H3,(H,20,23)/t19-/m1/s1. The topological polar surface area (TPSA) is 88.1 Å². The summed E-state index contributed by atoms with van der Waals surface area (Å²) < 4.78 is 26.2. The number of oxime groups is 1. The van der Waals surface area contributed by atoms with Crippen LogP contribution in [0.15, 0.2) is 29.4 Å². The minimum Gasteiger partial charge on any atom is -0.387 e. The maximum absolute atomic E-state index is 12.4. The predicted molar refractivity (Wildman–Crippen MR) is 104 cm³/mol. The summed E-state index contributed by atoms with van der Waals surface area (Å²) in [6, 6.07) is 7.95. The number of benzene rings is 1. The van der Waals surface area contributed by atoms with Gasteiger partial charge < -0.3 is 10.2 Å². The fourth-order valence-corrected chi connectivity index (χ4v) is 5.15. The maximum Gasteiger partial charge on any atom is 0.269 e. The molecule has 1 aromatic rings. The van der Waals surface area contributed by atoms with E-state index in [9.17, 15) is 13.2 Å². The Kier molecular flexibility index (Phi) is 5.86. The Balaban J connectivity index is 1.58. The van der Waals surface area contributed by atoms with Gasteiger partial charge in [-0.25, -0.2) is 8.42 Å². The second-order valence-corrected chi connectivity index (χ2v) is 9.50. The summed E-state index contributed by atoms with van der Waals surface area (Å²) >= 11 is 0. The highest BCUT2D eigenvalue weighted by molar-refractivity contribution is 7.89. The van der Waals surface area contributed by atoms with E-state index in [2.05, 4.69) is 10.5 Å². The lowest BCUT2D eigenvalue weighted by Gasteiger charge is -2.37. The number of carbonyl (C=O) groups is 1. The van der Waals surface area contributed by atoms with Crippen molar-refractivity contribution < 1.29 is 18.0 Å². The molecule has 2 heterocycles. The smallest absolute Gasteiger partial charge is 0.269 e. The zero-order chi connectivity index (χ0) is 19.5. The molecule has 1 N–H and O–H groups in total. The summed E-state index contributed by atoms with van der Waals surface area (Å²) in [5.74, 6) is -0.130. The van der Waals surface area contributed by atoms with Crippen molar-refractivity contribution in [1.82, 2.24) is 9.62 Å². The number of piperidine rings is 1. The number of sulfonamides is 1. The normalized spacial score (nSPS) is 23.1. The zero-order valence-corrected chi connectivity index (χ0v) is 16.7. The largest absolute Gasteiger partial charge is 0.387 e. The third-order valence-electron chi connectivity index (χ3n) is 5.03. The van der Waals surface area contributed by atoms with Gasteiger partial charge in [0.15, 0.2) is 5.60 Å². The highest BCUT2D eigenvalue weighted by Gasteiger charge is 2.46. The van der Waals surface area contributed by atoms with Crippen LogP contribution < -0.4 is 5.32 Å². The van der Waals surface area contributed by atoms with Crippen LogP contribution in [0.4, 0.5) is 0 Å². The molecule has 0 bridgehead atoms. The molecule has 2 aliphatic rings. The monoisotopic (exact) mass is 393 g/mol. The van der Waals surface area contributed by atoms with Crippen LogP contribution in [0.5, 0.6) is 0 Å². The van der Waals surface area contributed by atoms with E-state index in [1.807, 2.05) is 38.1 Å². The van der Waals surface area contributed by atoms with Crippen molar-refractivity contribution in [2.45, 2.75) is 51.7 Å². The minimum atomic E-state index is -3.28. The molecule has 148 valence electrons. The van der Waals surface area contributed by atoms with Crippen LogP contribution in [-0.4, -0.2) is 48.8 Å². The van der Waals surface area contributed by atoms with E-state index in [1.54, 1.807) is 0 Å². The van der Waals surface area contributed by atoms with Crippen LogP contribution in [-0.2, 0) is 26.2 Å². The number of carbonyl (C=O) groups excluding carboxylic acids is 1. The van der Waals surface area contributed by atoms with Crippen LogP contribution in [0.3, 0.4) is 0 Å². The highest BCUT2D eigenvalue weighted by atomic mass is 32.2. The number of rotatable bonds is 6. The first kappa shape index (κ1) is 19.8. The number of hydrogen-bond acceptors (Lipinski definition) is 5. The molecule has 0 unspecified atom stereocenters. The Morgan fingerprint density at radius 1 is 1.33 bits per heavy atom. The Morgan fingerprint density at radius 3 is 2.78 bits per heavy atom. The molecule has 1 spiro atoms. The molecule has 1 fully saturated rings. The van der Waals surface area contributed by atoms with Crippen LogP contribution in [0.25, 0.3) is 0 Å². The number of nitrogens with zero attached hydrogens (tertiary/aromatic N) is 2. The van der Waals surface area contributed by atoms with E-state index in [1.165, 1.54) is 9.87 Å². The molecule has 2 aliphatic heterocycles. The Bertz CT molecular complexity index is 820.